The molecule has 0 spiro atoms. The Bertz CT molecular complexity index is 1200. The molecule has 0 saturated heterocycles. The van der Waals surface area contributed by atoms with Gasteiger partial charge < -0.3 is 5.32 Å². The van der Waals surface area contributed by atoms with Crippen LogP contribution in [0.2, 0.25) is 0 Å². The highest BCUT2D eigenvalue weighted by Crippen LogP contribution is 2.27. The zero-order chi connectivity index (χ0) is 23.2. The summed E-state index contributed by atoms with van der Waals surface area (Å²) in [4.78, 5) is 26.0. The Kier molecular flexibility index (Phi) is 6.90. The van der Waals surface area contributed by atoms with E-state index in [1.807, 2.05) is 91.9 Å². The summed E-state index contributed by atoms with van der Waals surface area (Å²) >= 11 is 1.29. The van der Waals surface area contributed by atoms with Crippen molar-refractivity contribution in [2.75, 3.05) is 5.32 Å². The molecule has 4 aromatic rings. The first kappa shape index (κ1) is 22.4. The molecule has 3 aromatic carbocycles. The number of nitrogens with one attached hydrogen (secondary N) is 2. The highest BCUT2D eigenvalue weighted by atomic mass is 32.1. The Morgan fingerprint density at radius 1 is 0.818 bits per heavy atom. The molecule has 33 heavy (non-hydrogen) atoms. The molecule has 1 atom stereocenters. The van der Waals surface area contributed by atoms with E-state index in [1.54, 1.807) is 6.92 Å². The van der Waals surface area contributed by atoms with Crippen molar-refractivity contribution in [1.82, 2.24) is 15.5 Å². The van der Waals surface area contributed by atoms with Crippen LogP contribution in [0.5, 0.6) is 0 Å². The summed E-state index contributed by atoms with van der Waals surface area (Å²) in [5.74, 6) is -1.11. The lowest BCUT2D eigenvalue weighted by Gasteiger charge is -2.20. The van der Waals surface area contributed by atoms with Gasteiger partial charge in [0.25, 0.3) is 0 Å². The predicted octanol–water partition coefficient (Wildman–Crippen LogP) is 4.79. The molecule has 0 aliphatic carbocycles. The summed E-state index contributed by atoms with van der Waals surface area (Å²) in [7, 11) is 0. The molecule has 0 aliphatic heterocycles. The lowest BCUT2D eigenvalue weighted by atomic mass is 9.90. The molecule has 2 amide bonds. The SMILES string of the molecule is Cc1cccc(-c2nnc(NC(=O)C(C)NC(=O)C(c3ccccc3)c3ccccc3)s2)c1. The summed E-state index contributed by atoms with van der Waals surface area (Å²) in [6.45, 7) is 3.67. The fourth-order valence-electron chi connectivity index (χ4n) is 3.53. The monoisotopic (exact) mass is 456 g/mol. The predicted molar refractivity (Wildman–Crippen MR) is 131 cm³/mol. The first-order valence-electron chi connectivity index (χ1n) is 10.6. The quantitative estimate of drug-likeness (QED) is 0.419. The first-order valence-corrected chi connectivity index (χ1v) is 11.4. The molecule has 0 bridgehead atoms. The number of carbonyl (C=O) groups is 2. The number of rotatable bonds is 7. The zero-order valence-electron chi connectivity index (χ0n) is 18.4. The molecule has 2 N–H and O–H groups in total. The topological polar surface area (TPSA) is 84.0 Å². The smallest absolute Gasteiger partial charge is 0.248 e. The molecule has 1 aromatic heterocycles. The molecule has 0 saturated carbocycles. The van der Waals surface area contributed by atoms with E-state index in [2.05, 4.69) is 20.8 Å². The van der Waals surface area contributed by atoms with E-state index >= 15 is 0 Å². The van der Waals surface area contributed by atoms with Crippen LogP contribution in [0.3, 0.4) is 0 Å². The van der Waals surface area contributed by atoms with Crippen LogP contribution < -0.4 is 10.6 Å². The van der Waals surface area contributed by atoms with Crippen molar-refractivity contribution >= 4 is 28.3 Å². The molecule has 0 radical (unpaired) electrons. The van der Waals surface area contributed by atoms with E-state index in [4.69, 9.17) is 0 Å². The van der Waals surface area contributed by atoms with Gasteiger partial charge in [-0.1, -0.05) is 95.8 Å². The Hall–Kier alpha value is -3.84. The van der Waals surface area contributed by atoms with Crippen molar-refractivity contribution in [3.63, 3.8) is 0 Å². The number of aryl methyl sites for hydroxylation is 1. The second-order valence-corrected chi connectivity index (χ2v) is 8.73. The van der Waals surface area contributed by atoms with Crippen LogP contribution in [0.1, 0.15) is 29.5 Å². The van der Waals surface area contributed by atoms with E-state index in [0.29, 0.717) is 5.13 Å². The van der Waals surface area contributed by atoms with Gasteiger partial charge in [0.15, 0.2) is 0 Å². The number of aromatic nitrogens is 2. The van der Waals surface area contributed by atoms with Gasteiger partial charge in [-0.25, -0.2) is 0 Å². The van der Waals surface area contributed by atoms with Crippen LogP contribution in [0.15, 0.2) is 84.9 Å². The van der Waals surface area contributed by atoms with E-state index in [1.165, 1.54) is 11.3 Å². The summed E-state index contributed by atoms with van der Waals surface area (Å²) in [6, 6.07) is 26.2. The fourth-order valence-corrected chi connectivity index (χ4v) is 4.27. The minimum atomic E-state index is -0.751. The van der Waals surface area contributed by atoms with Gasteiger partial charge in [-0.2, -0.15) is 0 Å². The van der Waals surface area contributed by atoms with Gasteiger partial charge in [-0.05, 0) is 31.0 Å². The van der Waals surface area contributed by atoms with Crippen LogP contribution in [-0.4, -0.2) is 28.1 Å². The second kappa shape index (κ2) is 10.2. The molecule has 4 rings (SSSR count). The van der Waals surface area contributed by atoms with Crippen molar-refractivity contribution in [1.29, 1.82) is 0 Å². The molecule has 0 aliphatic rings. The normalized spacial score (nSPS) is 11.7. The third-order valence-electron chi connectivity index (χ3n) is 5.20. The van der Waals surface area contributed by atoms with E-state index in [0.717, 1.165) is 27.3 Å². The second-order valence-electron chi connectivity index (χ2n) is 7.76. The molecular formula is C26H24N4O2S. The molecule has 0 fully saturated rings. The van der Waals surface area contributed by atoms with E-state index in [-0.39, 0.29) is 11.8 Å². The molecule has 166 valence electrons. The maximum absolute atomic E-state index is 13.2. The highest BCUT2D eigenvalue weighted by molar-refractivity contribution is 7.18. The zero-order valence-corrected chi connectivity index (χ0v) is 19.2. The van der Waals surface area contributed by atoms with Crippen LogP contribution in [0, 0.1) is 6.92 Å². The average Bonchev–Trinajstić information content (AvgIpc) is 3.29. The number of hydrogen-bond donors (Lipinski definition) is 2. The Morgan fingerprint density at radius 2 is 1.45 bits per heavy atom. The third kappa shape index (κ3) is 5.51. The molecule has 7 heteroatoms. The minimum Gasteiger partial charge on any atom is -0.344 e. The number of amides is 2. The number of anilines is 1. The van der Waals surface area contributed by atoms with Crippen LogP contribution >= 0.6 is 11.3 Å². The summed E-state index contributed by atoms with van der Waals surface area (Å²) in [5.41, 5.74) is 3.79. The maximum atomic E-state index is 13.2. The number of hydrogen-bond acceptors (Lipinski definition) is 5. The van der Waals surface area contributed by atoms with Crippen molar-refractivity contribution < 1.29 is 9.59 Å². The van der Waals surface area contributed by atoms with Crippen molar-refractivity contribution in [3.05, 3.63) is 102 Å². The van der Waals surface area contributed by atoms with Gasteiger partial charge in [0, 0.05) is 5.56 Å². The third-order valence-corrected chi connectivity index (χ3v) is 6.09. The Balaban J connectivity index is 1.45. The number of benzene rings is 3. The standard InChI is InChI=1S/C26H24N4O2S/c1-17-10-9-15-21(16-17)25-29-30-26(33-25)28-23(31)18(2)27-24(32)22(19-11-5-3-6-12-19)20-13-7-4-8-14-20/h3-16,18,22H,1-2H3,(H,27,32)(H,28,30,31). The van der Waals surface area contributed by atoms with Crippen LogP contribution in [-0.2, 0) is 9.59 Å². The lowest BCUT2D eigenvalue weighted by molar-refractivity contribution is -0.126. The minimum absolute atomic E-state index is 0.243. The van der Waals surface area contributed by atoms with Crippen LogP contribution in [0.4, 0.5) is 5.13 Å². The first-order chi connectivity index (χ1) is 16.0. The molecule has 1 unspecified atom stereocenters. The van der Waals surface area contributed by atoms with Gasteiger partial charge in [0.1, 0.15) is 11.0 Å². The fraction of sp³-hybridized carbons (Fsp3) is 0.154. The number of carbonyl (C=O) groups excluding carboxylic acids is 2. The highest BCUT2D eigenvalue weighted by Gasteiger charge is 2.26. The molecular weight excluding hydrogens is 432 g/mol. The summed E-state index contributed by atoms with van der Waals surface area (Å²) in [5, 5.41) is 15.0. The van der Waals surface area contributed by atoms with Crippen molar-refractivity contribution in [2.24, 2.45) is 0 Å². The van der Waals surface area contributed by atoms with E-state index < -0.39 is 12.0 Å². The molecule has 6 nitrogen and oxygen atoms in total. The number of nitrogens with zero attached hydrogens (tertiary/aromatic N) is 2. The van der Waals surface area contributed by atoms with Crippen molar-refractivity contribution in [3.8, 4) is 10.6 Å². The Labute approximate surface area is 196 Å². The average molecular weight is 457 g/mol. The van der Waals surface area contributed by atoms with Gasteiger partial charge in [0.2, 0.25) is 16.9 Å². The van der Waals surface area contributed by atoms with Gasteiger partial charge in [0.05, 0.1) is 5.92 Å². The van der Waals surface area contributed by atoms with Gasteiger partial charge in [-0.15, -0.1) is 10.2 Å². The lowest BCUT2D eigenvalue weighted by Crippen LogP contribution is -2.43. The van der Waals surface area contributed by atoms with Gasteiger partial charge in [-0.3, -0.25) is 14.9 Å². The maximum Gasteiger partial charge on any atom is 0.248 e. The summed E-state index contributed by atoms with van der Waals surface area (Å²) < 4.78 is 0. The summed E-state index contributed by atoms with van der Waals surface area (Å²) in [6.07, 6.45) is 0. The van der Waals surface area contributed by atoms with Gasteiger partial charge >= 0.3 is 0 Å². The van der Waals surface area contributed by atoms with E-state index in [9.17, 15) is 9.59 Å². The van der Waals surface area contributed by atoms with Crippen LogP contribution in [0.25, 0.3) is 10.6 Å². The van der Waals surface area contributed by atoms with Crippen molar-refractivity contribution in [2.45, 2.75) is 25.8 Å². The molecule has 1 heterocycles. The Morgan fingerprint density at radius 3 is 2.06 bits per heavy atom. The largest absolute Gasteiger partial charge is 0.344 e.